The molecule has 1 aliphatic carbocycles. The second-order valence-corrected chi connectivity index (χ2v) is 5.16. The third-order valence-electron chi connectivity index (χ3n) is 3.30. The second-order valence-electron chi connectivity index (χ2n) is 5.16. The van der Waals surface area contributed by atoms with E-state index in [1.165, 1.54) is 12.8 Å². The van der Waals surface area contributed by atoms with Crippen molar-refractivity contribution in [1.82, 2.24) is 15.1 Å². The van der Waals surface area contributed by atoms with Gasteiger partial charge in [-0.2, -0.15) is 5.10 Å². The maximum atomic E-state index is 5.87. The van der Waals surface area contributed by atoms with Gasteiger partial charge in [-0.1, -0.05) is 30.3 Å². The molecule has 1 aromatic carbocycles. The monoisotopic (exact) mass is 269 g/mol. The first kappa shape index (κ1) is 12.7. The van der Waals surface area contributed by atoms with Gasteiger partial charge in [0.2, 0.25) is 0 Å². The summed E-state index contributed by atoms with van der Waals surface area (Å²) in [7, 11) is 1.92. The molecule has 1 aliphatic rings. The van der Waals surface area contributed by atoms with Gasteiger partial charge in [-0.05, 0) is 12.8 Å². The average molecular weight is 269 g/mol. The Morgan fingerprint density at radius 3 is 2.85 bits per heavy atom. The van der Waals surface area contributed by atoms with Crippen LogP contribution in [0, 0.1) is 0 Å². The molecule has 5 heteroatoms. The summed E-state index contributed by atoms with van der Waals surface area (Å²) in [6.07, 6.45) is 4.38. The molecule has 0 amide bonds. The molecule has 2 aromatic rings. The Morgan fingerprint density at radius 1 is 1.40 bits per heavy atom. The number of hydrogen-bond donors (Lipinski definition) is 2. The lowest BCUT2D eigenvalue weighted by molar-refractivity contribution is 0.769. The SMILES string of the molecule is Cn1cc(CN=C(N)NC2CC2)c(-c2ccccc2)n1. The summed E-state index contributed by atoms with van der Waals surface area (Å²) in [5.41, 5.74) is 9.02. The highest BCUT2D eigenvalue weighted by atomic mass is 15.3. The van der Waals surface area contributed by atoms with E-state index in [4.69, 9.17) is 5.73 Å². The molecule has 0 radical (unpaired) electrons. The molecule has 0 atom stereocenters. The molecule has 0 saturated heterocycles. The summed E-state index contributed by atoms with van der Waals surface area (Å²) in [4.78, 5) is 4.40. The zero-order valence-electron chi connectivity index (χ0n) is 11.6. The van der Waals surface area contributed by atoms with Gasteiger partial charge < -0.3 is 11.1 Å². The molecule has 1 heterocycles. The molecule has 0 aliphatic heterocycles. The van der Waals surface area contributed by atoms with Crippen LogP contribution in [0.3, 0.4) is 0 Å². The molecule has 20 heavy (non-hydrogen) atoms. The molecule has 1 saturated carbocycles. The Kier molecular flexibility index (Phi) is 3.41. The summed E-state index contributed by atoms with van der Waals surface area (Å²) in [6.45, 7) is 0.545. The van der Waals surface area contributed by atoms with E-state index in [1.54, 1.807) is 0 Å². The maximum absolute atomic E-state index is 5.87. The van der Waals surface area contributed by atoms with Crippen molar-refractivity contribution >= 4 is 5.96 Å². The Hall–Kier alpha value is -2.30. The van der Waals surface area contributed by atoms with Gasteiger partial charge >= 0.3 is 0 Å². The molecular weight excluding hydrogens is 250 g/mol. The molecule has 3 N–H and O–H groups in total. The van der Waals surface area contributed by atoms with Crippen LogP contribution in [-0.2, 0) is 13.6 Å². The summed E-state index contributed by atoms with van der Waals surface area (Å²) < 4.78 is 1.82. The van der Waals surface area contributed by atoms with Crippen LogP contribution in [0.25, 0.3) is 11.3 Å². The van der Waals surface area contributed by atoms with Crippen molar-refractivity contribution in [2.45, 2.75) is 25.4 Å². The molecule has 104 valence electrons. The number of nitrogens with two attached hydrogens (primary N) is 1. The smallest absolute Gasteiger partial charge is 0.189 e. The van der Waals surface area contributed by atoms with E-state index in [-0.39, 0.29) is 0 Å². The van der Waals surface area contributed by atoms with E-state index in [0.717, 1.165) is 16.8 Å². The van der Waals surface area contributed by atoms with Crippen LogP contribution < -0.4 is 11.1 Å². The molecule has 3 rings (SSSR count). The highest BCUT2D eigenvalue weighted by Gasteiger charge is 2.21. The fraction of sp³-hybridized carbons (Fsp3) is 0.333. The van der Waals surface area contributed by atoms with E-state index >= 15 is 0 Å². The number of rotatable bonds is 4. The van der Waals surface area contributed by atoms with Crippen LogP contribution in [0.5, 0.6) is 0 Å². The van der Waals surface area contributed by atoms with Gasteiger partial charge in [-0.25, -0.2) is 4.99 Å². The first-order valence-electron chi connectivity index (χ1n) is 6.87. The predicted molar refractivity (Wildman–Crippen MR) is 80.1 cm³/mol. The fourth-order valence-electron chi connectivity index (χ4n) is 2.15. The van der Waals surface area contributed by atoms with E-state index < -0.39 is 0 Å². The van der Waals surface area contributed by atoms with Crippen LogP contribution in [0.4, 0.5) is 0 Å². The standard InChI is InChI=1S/C15H19N5/c1-20-10-12(9-17-15(16)18-13-7-8-13)14(19-20)11-5-3-2-4-6-11/h2-6,10,13H,7-9H2,1H3,(H3,16,17,18). The van der Waals surface area contributed by atoms with Crippen LogP contribution in [0.2, 0.25) is 0 Å². The average Bonchev–Trinajstić information content (AvgIpc) is 3.18. The first-order valence-corrected chi connectivity index (χ1v) is 6.87. The van der Waals surface area contributed by atoms with Crippen LogP contribution >= 0.6 is 0 Å². The Morgan fingerprint density at radius 2 is 2.15 bits per heavy atom. The van der Waals surface area contributed by atoms with Gasteiger partial charge in [-0.3, -0.25) is 4.68 Å². The minimum Gasteiger partial charge on any atom is -0.370 e. The Balaban J connectivity index is 1.79. The number of hydrogen-bond acceptors (Lipinski definition) is 2. The van der Waals surface area contributed by atoms with Crippen molar-refractivity contribution < 1.29 is 0 Å². The second kappa shape index (κ2) is 5.36. The summed E-state index contributed by atoms with van der Waals surface area (Å²) in [5, 5.41) is 7.71. The molecule has 5 nitrogen and oxygen atoms in total. The lowest BCUT2D eigenvalue weighted by Gasteiger charge is -2.03. The van der Waals surface area contributed by atoms with Gasteiger partial charge in [0.05, 0.1) is 12.2 Å². The highest BCUT2D eigenvalue weighted by molar-refractivity contribution is 5.78. The number of aryl methyl sites for hydroxylation is 1. The van der Waals surface area contributed by atoms with Crippen molar-refractivity contribution in [3.63, 3.8) is 0 Å². The quantitative estimate of drug-likeness (QED) is 0.655. The third-order valence-corrected chi connectivity index (χ3v) is 3.30. The van der Waals surface area contributed by atoms with Crippen LogP contribution in [0.15, 0.2) is 41.5 Å². The topological polar surface area (TPSA) is 68.2 Å². The van der Waals surface area contributed by atoms with Crippen molar-refractivity contribution in [1.29, 1.82) is 0 Å². The van der Waals surface area contributed by atoms with Crippen molar-refractivity contribution in [2.24, 2.45) is 17.8 Å². The van der Waals surface area contributed by atoms with E-state index in [0.29, 0.717) is 18.5 Å². The highest BCUT2D eigenvalue weighted by Crippen LogP contribution is 2.22. The number of aromatic nitrogens is 2. The molecular formula is C15H19N5. The fourth-order valence-corrected chi connectivity index (χ4v) is 2.15. The van der Waals surface area contributed by atoms with Crippen LogP contribution in [0.1, 0.15) is 18.4 Å². The van der Waals surface area contributed by atoms with Gasteiger partial charge in [0.1, 0.15) is 0 Å². The number of nitrogens with zero attached hydrogens (tertiary/aromatic N) is 3. The number of nitrogens with one attached hydrogen (secondary N) is 1. The third kappa shape index (κ3) is 2.99. The zero-order chi connectivity index (χ0) is 13.9. The van der Waals surface area contributed by atoms with Gasteiger partial charge in [-0.15, -0.1) is 0 Å². The van der Waals surface area contributed by atoms with Crippen molar-refractivity contribution in [2.75, 3.05) is 0 Å². The normalized spacial score (nSPS) is 15.3. The first-order chi connectivity index (χ1) is 9.72. The molecule has 0 bridgehead atoms. The van der Waals surface area contributed by atoms with Gasteiger partial charge in [0.15, 0.2) is 5.96 Å². The van der Waals surface area contributed by atoms with E-state index in [1.807, 2.05) is 36.1 Å². The molecule has 0 spiro atoms. The van der Waals surface area contributed by atoms with Gasteiger partial charge in [0, 0.05) is 30.4 Å². The van der Waals surface area contributed by atoms with Crippen molar-refractivity contribution in [3.05, 3.63) is 42.1 Å². The lowest BCUT2D eigenvalue weighted by atomic mass is 10.1. The van der Waals surface area contributed by atoms with Gasteiger partial charge in [0.25, 0.3) is 0 Å². The number of guanidine groups is 1. The molecule has 1 aromatic heterocycles. The minimum absolute atomic E-state index is 0.523. The maximum Gasteiger partial charge on any atom is 0.189 e. The summed E-state index contributed by atoms with van der Waals surface area (Å²) in [6, 6.07) is 10.7. The molecule has 0 unspecified atom stereocenters. The number of benzene rings is 1. The van der Waals surface area contributed by atoms with E-state index in [9.17, 15) is 0 Å². The molecule has 1 fully saturated rings. The summed E-state index contributed by atoms with van der Waals surface area (Å²) >= 11 is 0. The summed E-state index contributed by atoms with van der Waals surface area (Å²) in [5.74, 6) is 0.523. The Labute approximate surface area is 118 Å². The largest absolute Gasteiger partial charge is 0.370 e. The van der Waals surface area contributed by atoms with Crippen LogP contribution in [-0.4, -0.2) is 21.8 Å². The van der Waals surface area contributed by atoms with E-state index in [2.05, 4.69) is 27.5 Å². The minimum atomic E-state index is 0.523. The zero-order valence-corrected chi connectivity index (χ0v) is 11.6. The lowest BCUT2D eigenvalue weighted by Crippen LogP contribution is -2.33. The Bertz CT molecular complexity index is 610. The van der Waals surface area contributed by atoms with Crippen molar-refractivity contribution in [3.8, 4) is 11.3 Å². The number of aliphatic imine (C=N–C) groups is 1. The predicted octanol–water partition coefficient (Wildman–Crippen LogP) is 1.65.